The Balaban J connectivity index is 2.77. The molecule has 0 fully saturated rings. The van der Waals surface area contributed by atoms with E-state index in [9.17, 15) is 0 Å². The van der Waals surface area contributed by atoms with E-state index in [0.29, 0.717) is 2.23 Å². The SMILES string of the molecule is CCCCC1=C(CCCC)[C]([Y])(CCCC)C=C1. The summed E-state index contributed by atoms with van der Waals surface area (Å²) in [6, 6.07) is 0. The van der Waals surface area contributed by atoms with Gasteiger partial charge in [-0.1, -0.05) is 0 Å². The van der Waals surface area contributed by atoms with Crippen LogP contribution in [-0.2, 0) is 31.0 Å². The molecule has 0 aromatic rings. The summed E-state index contributed by atoms with van der Waals surface area (Å²) in [6.07, 6.45) is 17.2. The number of unbranched alkanes of at least 4 members (excludes halogenated alkanes) is 3. The molecule has 0 bridgehead atoms. The Hall–Kier alpha value is 0.584. The Labute approximate surface area is 134 Å². The summed E-state index contributed by atoms with van der Waals surface area (Å²) in [4.78, 5) is 0. The van der Waals surface area contributed by atoms with Gasteiger partial charge in [0.1, 0.15) is 0 Å². The molecular weight excluding hydrogens is 293 g/mol. The Kier molecular flexibility index (Phi) is 8.04. The standard InChI is InChI=1S/C17H29.Y/c1-4-7-10-15-13-14-16(11-8-5-2)17(15)12-9-6-3;/h13-14H,4-12H2,1-3H3;. The second kappa shape index (κ2) is 8.69. The summed E-state index contributed by atoms with van der Waals surface area (Å²) in [5.41, 5.74) is 3.53. The first-order chi connectivity index (χ1) is 8.68. The molecule has 0 N–H and O–H groups in total. The van der Waals surface area contributed by atoms with Gasteiger partial charge in [0.05, 0.1) is 0 Å². The van der Waals surface area contributed by atoms with Crippen LogP contribution in [0.2, 0.25) is 2.23 Å². The van der Waals surface area contributed by atoms with Gasteiger partial charge in [-0.3, -0.25) is 0 Å². The Morgan fingerprint density at radius 1 is 0.944 bits per heavy atom. The fraction of sp³-hybridized carbons (Fsp3) is 0.765. The molecule has 0 nitrogen and oxygen atoms in total. The summed E-state index contributed by atoms with van der Waals surface area (Å²) in [7, 11) is 0. The first-order valence-corrected chi connectivity index (χ1v) is 9.30. The van der Waals surface area contributed by atoms with E-state index in [1.807, 2.05) is 5.57 Å². The van der Waals surface area contributed by atoms with Crippen LogP contribution in [0.25, 0.3) is 0 Å². The van der Waals surface area contributed by atoms with Crippen molar-refractivity contribution in [3.63, 3.8) is 0 Å². The summed E-state index contributed by atoms with van der Waals surface area (Å²) < 4.78 is 0.513. The molecule has 1 heteroatoms. The molecule has 1 atom stereocenters. The second-order valence-electron chi connectivity index (χ2n) is 5.69. The van der Waals surface area contributed by atoms with Crippen molar-refractivity contribution < 1.29 is 31.0 Å². The quantitative estimate of drug-likeness (QED) is 0.479. The molecule has 0 aromatic heterocycles. The van der Waals surface area contributed by atoms with Crippen LogP contribution in [0.5, 0.6) is 0 Å². The van der Waals surface area contributed by atoms with Crippen molar-refractivity contribution in [1.82, 2.24) is 0 Å². The minimum absolute atomic E-state index is 0.513. The van der Waals surface area contributed by atoms with Gasteiger partial charge in [-0.05, 0) is 0 Å². The van der Waals surface area contributed by atoms with Crippen LogP contribution in [0, 0.1) is 0 Å². The zero-order valence-corrected chi connectivity index (χ0v) is 15.4. The summed E-state index contributed by atoms with van der Waals surface area (Å²) >= 11 is 1.37. The zero-order valence-electron chi connectivity index (χ0n) is 12.6. The molecule has 18 heavy (non-hydrogen) atoms. The van der Waals surface area contributed by atoms with Crippen LogP contribution in [0.15, 0.2) is 23.3 Å². The Bertz CT molecular complexity index is 301. The average molecular weight is 322 g/mol. The fourth-order valence-corrected chi connectivity index (χ4v) is 4.35. The molecule has 0 saturated heterocycles. The first-order valence-electron chi connectivity index (χ1n) is 7.88. The Morgan fingerprint density at radius 2 is 1.56 bits per heavy atom. The average Bonchev–Trinajstić information content (AvgIpc) is 2.69. The van der Waals surface area contributed by atoms with Gasteiger partial charge < -0.3 is 0 Å². The number of hydrogen-bond acceptors (Lipinski definition) is 0. The third kappa shape index (κ3) is 4.60. The van der Waals surface area contributed by atoms with Gasteiger partial charge in [0, 0.05) is 0 Å². The van der Waals surface area contributed by atoms with E-state index in [2.05, 4.69) is 32.9 Å². The van der Waals surface area contributed by atoms with Crippen LogP contribution in [-0.4, -0.2) is 0 Å². The molecule has 0 heterocycles. The van der Waals surface area contributed by atoms with Gasteiger partial charge >= 0.3 is 135 Å². The Morgan fingerprint density at radius 3 is 2.17 bits per heavy atom. The molecule has 1 aliphatic rings. The van der Waals surface area contributed by atoms with E-state index < -0.39 is 0 Å². The van der Waals surface area contributed by atoms with Gasteiger partial charge in [0.15, 0.2) is 0 Å². The predicted molar refractivity (Wildman–Crippen MR) is 77.4 cm³/mol. The number of hydrogen-bond donors (Lipinski definition) is 0. The van der Waals surface area contributed by atoms with E-state index in [1.165, 1.54) is 88.7 Å². The molecule has 0 saturated carbocycles. The van der Waals surface area contributed by atoms with Crippen LogP contribution in [0.1, 0.15) is 78.6 Å². The van der Waals surface area contributed by atoms with Gasteiger partial charge in [0.2, 0.25) is 0 Å². The molecule has 0 amide bonds. The third-order valence-electron chi connectivity index (χ3n) is 4.06. The van der Waals surface area contributed by atoms with Gasteiger partial charge in [-0.15, -0.1) is 0 Å². The molecule has 0 radical (unpaired) electrons. The summed E-state index contributed by atoms with van der Waals surface area (Å²) in [5, 5.41) is 0. The molecule has 1 rings (SSSR count). The fourth-order valence-electron chi connectivity index (χ4n) is 2.80. The maximum atomic E-state index is 2.56. The molecular formula is C17H29Y. The first kappa shape index (κ1) is 16.6. The van der Waals surface area contributed by atoms with E-state index in [0.717, 1.165) is 0 Å². The molecule has 1 unspecified atom stereocenters. The maximum absolute atomic E-state index is 2.56. The van der Waals surface area contributed by atoms with E-state index in [-0.39, 0.29) is 0 Å². The third-order valence-corrected chi connectivity index (χ3v) is 6.09. The van der Waals surface area contributed by atoms with Crippen molar-refractivity contribution in [2.75, 3.05) is 0 Å². The van der Waals surface area contributed by atoms with Crippen molar-refractivity contribution in [2.24, 2.45) is 0 Å². The second-order valence-corrected chi connectivity index (χ2v) is 8.22. The van der Waals surface area contributed by atoms with Crippen molar-refractivity contribution >= 4 is 0 Å². The van der Waals surface area contributed by atoms with E-state index in [1.54, 1.807) is 5.57 Å². The van der Waals surface area contributed by atoms with Gasteiger partial charge in [-0.2, -0.15) is 0 Å². The van der Waals surface area contributed by atoms with Crippen LogP contribution >= 0.6 is 0 Å². The van der Waals surface area contributed by atoms with E-state index >= 15 is 0 Å². The summed E-state index contributed by atoms with van der Waals surface area (Å²) in [6.45, 7) is 6.93. The number of rotatable bonds is 9. The van der Waals surface area contributed by atoms with Crippen molar-refractivity contribution in [3.8, 4) is 0 Å². The van der Waals surface area contributed by atoms with Crippen LogP contribution < -0.4 is 0 Å². The van der Waals surface area contributed by atoms with Crippen molar-refractivity contribution in [3.05, 3.63) is 23.3 Å². The predicted octanol–water partition coefficient (Wildman–Crippen LogP) is 6.13. The van der Waals surface area contributed by atoms with Gasteiger partial charge in [0.25, 0.3) is 0 Å². The summed E-state index contributed by atoms with van der Waals surface area (Å²) in [5.74, 6) is 0. The monoisotopic (exact) mass is 322 g/mol. The molecule has 100 valence electrons. The van der Waals surface area contributed by atoms with Crippen LogP contribution in [0.4, 0.5) is 0 Å². The van der Waals surface area contributed by atoms with Crippen molar-refractivity contribution in [1.29, 1.82) is 0 Å². The normalized spacial score (nSPS) is 23.0. The van der Waals surface area contributed by atoms with Crippen LogP contribution in [0.3, 0.4) is 0 Å². The molecule has 0 spiro atoms. The topological polar surface area (TPSA) is 0 Å². The minimum atomic E-state index is 0.513. The molecule has 1 aliphatic carbocycles. The number of allylic oxidation sites excluding steroid dienone is 4. The van der Waals surface area contributed by atoms with Crippen molar-refractivity contribution in [2.45, 2.75) is 80.8 Å². The zero-order chi connectivity index (χ0) is 13.4. The van der Waals surface area contributed by atoms with Gasteiger partial charge in [-0.25, -0.2) is 0 Å². The molecule has 0 aliphatic heterocycles. The van der Waals surface area contributed by atoms with E-state index in [4.69, 9.17) is 0 Å². The molecule has 0 aromatic carbocycles.